The second kappa shape index (κ2) is 7.26. The van der Waals surface area contributed by atoms with Crippen LogP contribution in [-0.4, -0.2) is 33.9 Å². The van der Waals surface area contributed by atoms with Crippen LogP contribution in [0, 0.1) is 11.6 Å². The number of rotatable bonds is 4. The van der Waals surface area contributed by atoms with Gasteiger partial charge in [-0.2, -0.15) is 4.39 Å². The van der Waals surface area contributed by atoms with Crippen molar-refractivity contribution in [2.24, 2.45) is 5.73 Å². The average Bonchev–Trinajstić information content (AvgIpc) is 3.13. The van der Waals surface area contributed by atoms with Gasteiger partial charge in [0.2, 0.25) is 11.7 Å². The van der Waals surface area contributed by atoms with Crippen LogP contribution >= 0.6 is 0 Å². The molecule has 1 aromatic carbocycles. The fraction of sp³-hybridized carbons (Fsp3) is 0.350. The van der Waals surface area contributed by atoms with E-state index in [9.17, 15) is 22.4 Å². The quantitative estimate of drug-likeness (QED) is 0.621. The topological polar surface area (TPSA) is 93.9 Å². The molecule has 0 saturated heterocycles. The number of nitrogens with two attached hydrogens (primary N) is 1. The molecule has 4 rings (SSSR count). The molecule has 0 bridgehead atoms. The molecule has 10 heteroatoms. The van der Waals surface area contributed by atoms with E-state index in [0.29, 0.717) is 16.6 Å². The molecule has 2 atom stereocenters. The molecule has 1 saturated carbocycles. The van der Waals surface area contributed by atoms with Crippen LogP contribution in [0.2, 0.25) is 0 Å². The molecule has 3 N–H and O–H groups in total. The van der Waals surface area contributed by atoms with E-state index in [2.05, 4.69) is 15.0 Å². The van der Waals surface area contributed by atoms with Crippen molar-refractivity contribution in [2.75, 3.05) is 7.11 Å². The molecule has 3 aromatic rings. The Morgan fingerprint density at radius 2 is 2.07 bits per heavy atom. The Morgan fingerprint density at radius 1 is 1.30 bits per heavy atom. The molecule has 2 heterocycles. The van der Waals surface area contributed by atoms with Crippen LogP contribution < -0.4 is 10.5 Å². The smallest absolute Gasteiger partial charge is 0.267 e. The lowest BCUT2D eigenvalue weighted by molar-refractivity contribution is -0.0470. The van der Waals surface area contributed by atoms with E-state index in [1.165, 1.54) is 25.4 Å². The number of H-pyrrole nitrogens is 1. The second-order valence-electron chi connectivity index (χ2n) is 7.37. The minimum atomic E-state index is -2.94. The normalized spacial score (nSPS) is 21.0. The first-order chi connectivity index (χ1) is 14.2. The van der Waals surface area contributed by atoms with Gasteiger partial charge in [-0.1, -0.05) is 6.07 Å². The predicted octanol–water partition coefficient (Wildman–Crippen LogP) is 4.03. The fourth-order valence-electron chi connectivity index (χ4n) is 4.08. The predicted molar refractivity (Wildman–Crippen MR) is 99.6 cm³/mol. The Labute approximate surface area is 168 Å². The van der Waals surface area contributed by atoms with Crippen molar-refractivity contribution in [2.45, 2.75) is 37.0 Å². The van der Waals surface area contributed by atoms with Crippen molar-refractivity contribution < 1.29 is 27.1 Å². The fourth-order valence-corrected chi connectivity index (χ4v) is 4.08. The minimum absolute atomic E-state index is 0.00616. The number of fused-ring (bicyclic) bond motifs is 1. The number of amides is 1. The van der Waals surface area contributed by atoms with Crippen LogP contribution in [0.4, 0.5) is 17.6 Å². The molecule has 0 radical (unpaired) electrons. The number of methoxy groups -OCH3 is 1. The largest absolute Gasteiger partial charge is 0.493 e. The van der Waals surface area contributed by atoms with Crippen LogP contribution in [0.1, 0.15) is 53.0 Å². The summed E-state index contributed by atoms with van der Waals surface area (Å²) in [5.74, 6) is -7.39. The average molecular weight is 422 g/mol. The summed E-state index contributed by atoms with van der Waals surface area (Å²) >= 11 is 0. The number of nitrogens with zero attached hydrogens (tertiary/aromatic N) is 2. The lowest BCUT2D eigenvalue weighted by atomic mass is 9.73. The first kappa shape index (κ1) is 20.1. The molecule has 1 fully saturated rings. The van der Waals surface area contributed by atoms with Crippen LogP contribution in [0.5, 0.6) is 5.75 Å². The first-order valence-electron chi connectivity index (χ1n) is 9.25. The van der Waals surface area contributed by atoms with Gasteiger partial charge in [-0.3, -0.25) is 4.79 Å². The van der Waals surface area contributed by atoms with Crippen molar-refractivity contribution in [3.8, 4) is 5.75 Å². The minimum Gasteiger partial charge on any atom is -0.493 e. The van der Waals surface area contributed by atoms with E-state index in [-0.39, 0.29) is 23.7 Å². The number of halogens is 4. The molecule has 0 spiro atoms. The number of hydrogen-bond donors (Lipinski definition) is 2. The van der Waals surface area contributed by atoms with Gasteiger partial charge in [-0.25, -0.2) is 23.1 Å². The van der Waals surface area contributed by atoms with E-state index in [1.807, 2.05) is 0 Å². The summed E-state index contributed by atoms with van der Waals surface area (Å²) in [6.07, 6.45) is 0.445. The van der Waals surface area contributed by atoms with Gasteiger partial charge >= 0.3 is 0 Å². The molecule has 1 amide bonds. The first-order valence-corrected chi connectivity index (χ1v) is 9.25. The Hall–Kier alpha value is -3.17. The van der Waals surface area contributed by atoms with Crippen LogP contribution in [0.3, 0.4) is 0 Å². The van der Waals surface area contributed by atoms with Gasteiger partial charge in [0.05, 0.1) is 24.3 Å². The Kier molecular flexibility index (Phi) is 4.87. The van der Waals surface area contributed by atoms with E-state index in [0.717, 1.165) is 6.07 Å². The Morgan fingerprint density at radius 3 is 2.77 bits per heavy atom. The van der Waals surface area contributed by atoms with Gasteiger partial charge in [0.15, 0.2) is 11.6 Å². The van der Waals surface area contributed by atoms with Crippen molar-refractivity contribution in [1.82, 2.24) is 15.0 Å². The van der Waals surface area contributed by atoms with Crippen LogP contribution in [0.15, 0.2) is 24.4 Å². The molecule has 1 aliphatic rings. The number of aromatic amines is 1. The van der Waals surface area contributed by atoms with Crippen LogP contribution in [0.25, 0.3) is 11.0 Å². The number of carbonyl (C=O) groups excluding carboxylic acids is 1. The number of alkyl halides is 2. The van der Waals surface area contributed by atoms with Crippen molar-refractivity contribution >= 4 is 16.9 Å². The number of imidazole rings is 1. The van der Waals surface area contributed by atoms with Crippen LogP contribution in [-0.2, 0) is 0 Å². The van der Waals surface area contributed by atoms with E-state index in [4.69, 9.17) is 10.5 Å². The van der Waals surface area contributed by atoms with Gasteiger partial charge in [0.1, 0.15) is 11.5 Å². The summed E-state index contributed by atoms with van der Waals surface area (Å²) in [5.41, 5.74) is 6.31. The molecule has 0 aliphatic heterocycles. The van der Waals surface area contributed by atoms with Gasteiger partial charge in [0.25, 0.3) is 5.91 Å². The van der Waals surface area contributed by atoms with Crippen molar-refractivity contribution in [3.63, 3.8) is 0 Å². The number of ether oxygens (including phenoxy) is 1. The van der Waals surface area contributed by atoms with Gasteiger partial charge in [-0.05, 0) is 24.5 Å². The number of nitrogens with one attached hydrogen (secondary N) is 1. The molecule has 1 unspecified atom stereocenters. The molecular formula is C20H18F4N4O2. The number of primary amides is 1. The summed E-state index contributed by atoms with van der Waals surface area (Å²) in [4.78, 5) is 22.6. The summed E-state index contributed by atoms with van der Waals surface area (Å²) in [6.45, 7) is 0. The zero-order valence-electron chi connectivity index (χ0n) is 15.9. The highest BCUT2D eigenvalue weighted by Crippen LogP contribution is 2.51. The number of hydrogen-bond acceptors (Lipinski definition) is 4. The SMILES string of the molecule is COc1c(C2CCC(F)(F)C[C@H]2c2nc3cc(C(N)=O)ncc3[nH]2)ccc(F)c1F. The highest BCUT2D eigenvalue weighted by Gasteiger charge is 2.45. The summed E-state index contributed by atoms with van der Waals surface area (Å²) in [6, 6.07) is 3.68. The number of carbonyl (C=O) groups is 1. The number of benzene rings is 1. The zero-order valence-corrected chi connectivity index (χ0v) is 15.9. The molecule has 30 heavy (non-hydrogen) atoms. The van der Waals surface area contributed by atoms with E-state index in [1.54, 1.807) is 0 Å². The summed E-state index contributed by atoms with van der Waals surface area (Å²) < 4.78 is 61.6. The lowest BCUT2D eigenvalue weighted by Crippen LogP contribution is -2.31. The van der Waals surface area contributed by atoms with E-state index < -0.39 is 48.1 Å². The summed E-state index contributed by atoms with van der Waals surface area (Å²) in [7, 11) is 1.20. The Bertz CT molecular complexity index is 1130. The monoisotopic (exact) mass is 422 g/mol. The molecule has 1 aliphatic carbocycles. The highest BCUT2D eigenvalue weighted by molar-refractivity contribution is 5.93. The maximum Gasteiger partial charge on any atom is 0.267 e. The van der Waals surface area contributed by atoms with E-state index >= 15 is 0 Å². The molecular weight excluding hydrogens is 404 g/mol. The zero-order chi connectivity index (χ0) is 21.6. The van der Waals surface area contributed by atoms with Gasteiger partial charge in [-0.15, -0.1) is 0 Å². The highest BCUT2D eigenvalue weighted by atomic mass is 19.3. The lowest BCUT2D eigenvalue weighted by Gasteiger charge is -2.35. The second-order valence-corrected chi connectivity index (χ2v) is 7.37. The number of pyridine rings is 1. The third-order valence-corrected chi connectivity index (χ3v) is 5.50. The van der Waals surface area contributed by atoms with Crippen molar-refractivity contribution in [1.29, 1.82) is 0 Å². The molecule has 2 aromatic heterocycles. The maximum atomic E-state index is 14.3. The summed E-state index contributed by atoms with van der Waals surface area (Å²) in [5, 5.41) is 0. The molecule has 158 valence electrons. The Balaban J connectivity index is 1.81. The third-order valence-electron chi connectivity index (χ3n) is 5.50. The maximum absolute atomic E-state index is 14.3. The standard InChI is InChI=1S/C20H18F4N4O2/c1-30-17-10(2-3-12(21)16(17)22)9-4-5-20(23,24)7-11(9)19-27-13-6-14(18(25)29)26-8-15(13)28-19/h2-3,6,8-9,11H,4-5,7H2,1H3,(H2,25,29)(H,27,28)/t9?,11-/m1/s1. The number of aromatic nitrogens is 3. The van der Waals surface area contributed by atoms with Gasteiger partial charge < -0.3 is 15.5 Å². The van der Waals surface area contributed by atoms with Crippen molar-refractivity contribution in [3.05, 3.63) is 53.1 Å². The molecule has 6 nitrogen and oxygen atoms in total. The third kappa shape index (κ3) is 3.46. The van der Waals surface area contributed by atoms with Gasteiger partial charge in [0, 0.05) is 24.3 Å².